The Morgan fingerprint density at radius 3 is 2.41 bits per heavy atom. The molecule has 2 aromatic carbocycles. The molecule has 0 bridgehead atoms. The lowest BCUT2D eigenvalue weighted by atomic mass is 10.0. The van der Waals surface area contributed by atoms with Crippen LogP contribution in [0.1, 0.15) is 28.8 Å². The number of ether oxygens (including phenoxy) is 1. The van der Waals surface area contributed by atoms with Crippen molar-refractivity contribution in [2.75, 3.05) is 32.1 Å². The minimum absolute atomic E-state index is 0.0289. The zero-order valence-electron chi connectivity index (χ0n) is 18.4. The highest BCUT2D eigenvalue weighted by Gasteiger charge is 2.25. The van der Waals surface area contributed by atoms with Gasteiger partial charge in [-0.25, -0.2) is 4.98 Å². The first-order valence-corrected chi connectivity index (χ1v) is 10.7. The van der Waals surface area contributed by atoms with Crippen LogP contribution in [-0.4, -0.2) is 49.1 Å². The van der Waals surface area contributed by atoms with Gasteiger partial charge in [-0.15, -0.1) is 0 Å². The molecule has 0 N–H and O–H groups in total. The third-order valence-corrected chi connectivity index (χ3v) is 5.66. The van der Waals surface area contributed by atoms with Gasteiger partial charge in [-0.2, -0.15) is 5.26 Å². The molecule has 0 radical (unpaired) electrons. The number of carbonyl (C=O) groups is 1. The predicted molar refractivity (Wildman–Crippen MR) is 125 cm³/mol. The standard InChI is InChI=1S/C26H26N4O2/c1-29(2)25-11-8-22(18-28-25)20-6-9-23(10-7-20)32-24-12-14-30(15-13-24)26(31)21-5-3-4-19(16-21)17-27/h3-11,16,18,24H,12-15H2,1-2H3. The van der Waals surface area contributed by atoms with Crippen molar-refractivity contribution in [3.63, 3.8) is 0 Å². The second-order valence-corrected chi connectivity index (χ2v) is 8.13. The molecule has 1 fully saturated rings. The number of nitrogens with zero attached hydrogens (tertiary/aromatic N) is 4. The van der Waals surface area contributed by atoms with Crippen molar-refractivity contribution in [2.24, 2.45) is 0 Å². The number of rotatable bonds is 5. The Balaban J connectivity index is 1.32. The largest absolute Gasteiger partial charge is 0.490 e. The molecule has 1 aromatic heterocycles. The quantitative estimate of drug-likeness (QED) is 0.606. The van der Waals surface area contributed by atoms with Gasteiger partial charge in [0.05, 0.1) is 11.6 Å². The third-order valence-electron chi connectivity index (χ3n) is 5.66. The van der Waals surface area contributed by atoms with Crippen LogP contribution in [0.4, 0.5) is 5.82 Å². The zero-order valence-corrected chi connectivity index (χ0v) is 18.4. The summed E-state index contributed by atoms with van der Waals surface area (Å²) in [5.41, 5.74) is 3.22. The predicted octanol–water partition coefficient (Wildman–Crippen LogP) is 4.37. The van der Waals surface area contributed by atoms with E-state index in [0.29, 0.717) is 24.2 Å². The minimum atomic E-state index is -0.0289. The fourth-order valence-corrected chi connectivity index (χ4v) is 3.82. The highest BCUT2D eigenvalue weighted by atomic mass is 16.5. The smallest absolute Gasteiger partial charge is 0.253 e. The lowest BCUT2D eigenvalue weighted by Crippen LogP contribution is -2.41. The van der Waals surface area contributed by atoms with Crippen molar-refractivity contribution in [1.29, 1.82) is 5.26 Å². The van der Waals surface area contributed by atoms with Gasteiger partial charge in [0.15, 0.2) is 0 Å². The van der Waals surface area contributed by atoms with E-state index in [1.54, 1.807) is 24.3 Å². The van der Waals surface area contributed by atoms with Gasteiger partial charge in [0.25, 0.3) is 5.91 Å². The van der Waals surface area contributed by atoms with Gasteiger partial charge in [0.2, 0.25) is 0 Å². The summed E-state index contributed by atoms with van der Waals surface area (Å²) in [6.07, 6.45) is 3.52. The number of piperidine rings is 1. The van der Waals surface area contributed by atoms with Crippen molar-refractivity contribution in [2.45, 2.75) is 18.9 Å². The molecule has 32 heavy (non-hydrogen) atoms. The molecule has 162 valence electrons. The van der Waals surface area contributed by atoms with Crippen molar-refractivity contribution in [1.82, 2.24) is 9.88 Å². The zero-order chi connectivity index (χ0) is 22.5. The average Bonchev–Trinajstić information content (AvgIpc) is 2.84. The van der Waals surface area contributed by atoms with Gasteiger partial charge in [-0.05, 0) is 48.0 Å². The fraction of sp³-hybridized carbons (Fsp3) is 0.269. The van der Waals surface area contributed by atoms with E-state index in [1.807, 2.05) is 60.4 Å². The summed E-state index contributed by atoms with van der Waals surface area (Å²) in [6, 6.07) is 21.1. The maximum atomic E-state index is 12.7. The van der Waals surface area contributed by atoms with Gasteiger partial charge in [0.1, 0.15) is 17.7 Å². The molecule has 0 aliphatic carbocycles. The van der Waals surface area contributed by atoms with Gasteiger partial charge < -0.3 is 14.5 Å². The second-order valence-electron chi connectivity index (χ2n) is 8.13. The van der Waals surface area contributed by atoms with Crippen LogP contribution in [0.5, 0.6) is 5.75 Å². The molecule has 3 aromatic rings. The average molecular weight is 427 g/mol. The van der Waals surface area contributed by atoms with E-state index in [9.17, 15) is 4.79 Å². The number of benzene rings is 2. The molecule has 0 spiro atoms. The molecule has 2 heterocycles. The molecule has 0 unspecified atom stereocenters. The number of hydrogen-bond donors (Lipinski definition) is 0. The van der Waals surface area contributed by atoms with Crippen LogP contribution < -0.4 is 9.64 Å². The van der Waals surface area contributed by atoms with E-state index >= 15 is 0 Å². The lowest BCUT2D eigenvalue weighted by molar-refractivity contribution is 0.0595. The topological polar surface area (TPSA) is 69.5 Å². The van der Waals surface area contributed by atoms with Crippen LogP contribution in [0.25, 0.3) is 11.1 Å². The Morgan fingerprint density at radius 2 is 1.78 bits per heavy atom. The first kappa shape index (κ1) is 21.4. The van der Waals surface area contributed by atoms with Crippen LogP contribution in [0.3, 0.4) is 0 Å². The number of hydrogen-bond acceptors (Lipinski definition) is 5. The van der Waals surface area contributed by atoms with E-state index < -0.39 is 0 Å². The van der Waals surface area contributed by atoms with Crippen LogP contribution in [-0.2, 0) is 0 Å². The molecule has 4 rings (SSSR count). The number of pyridine rings is 1. The molecule has 1 saturated heterocycles. The Kier molecular flexibility index (Phi) is 6.37. The molecule has 0 atom stereocenters. The summed E-state index contributed by atoms with van der Waals surface area (Å²) >= 11 is 0. The SMILES string of the molecule is CN(C)c1ccc(-c2ccc(OC3CCN(C(=O)c4cccc(C#N)c4)CC3)cc2)cn1. The molecular weight excluding hydrogens is 400 g/mol. The van der Waals surface area contributed by atoms with Crippen LogP contribution in [0.15, 0.2) is 66.9 Å². The fourth-order valence-electron chi connectivity index (χ4n) is 3.82. The highest BCUT2D eigenvalue weighted by molar-refractivity contribution is 5.94. The summed E-state index contributed by atoms with van der Waals surface area (Å²) in [7, 11) is 3.95. The second kappa shape index (κ2) is 9.52. The van der Waals surface area contributed by atoms with Crippen molar-refractivity contribution >= 4 is 11.7 Å². The van der Waals surface area contributed by atoms with Gasteiger partial charge in [-0.3, -0.25) is 4.79 Å². The molecule has 1 aliphatic heterocycles. The number of anilines is 1. The maximum Gasteiger partial charge on any atom is 0.253 e. The summed E-state index contributed by atoms with van der Waals surface area (Å²) in [5, 5.41) is 9.05. The Bertz CT molecular complexity index is 1110. The van der Waals surface area contributed by atoms with E-state index in [1.165, 1.54) is 0 Å². The van der Waals surface area contributed by atoms with Crippen molar-refractivity contribution < 1.29 is 9.53 Å². The number of aromatic nitrogens is 1. The minimum Gasteiger partial charge on any atom is -0.490 e. The van der Waals surface area contributed by atoms with Gasteiger partial charge in [0, 0.05) is 57.4 Å². The number of amides is 1. The normalized spacial score (nSPS) is 14.0. The van der Waals surface area contributed by atoms with Gasteiger partial charge in [-0.1, -0.05) is 18.2 Å². The number of likely N-dealkylation sites (tertiary alicyclic amines) is 1. The molecule has 1 amide bonds. The number of carbonyl (C=O) groups excluding carboxylic acids is 1. The Labute approximate surface area is 188 Å². The van der Waals surface area contributed by atoms with Crippen molar-refractivity contribution in [3.05, 3.63) is 78.0 Å². The molecule has 6 heteroatoms. The lowest BCUT2D eigenvalue weighted by Gasteiger charge is -2.32. The third kappa shape index (κ3) is 4.89. The van der Waals surface area contributed by atoms with Crippen LogP contribution in [0, 0.1) is 11.3 Å². The molecule has 6 nitrogen and oxygen atoms in total. The molecular formula is C26H26N4O2. The van der Waals surface area contributed by atoms with Crippen molar-refractivity contribution in [3.8, 4) is 22.9 Å². The number of nitriles is 1. The maximum absolute atomic E-state index is 12.7. The Hall–Kier alpha value is -3.85. The summed E-state index contributed by atoms with van der Waals surface area (Å²) in [4.78, 5) is 21.0. The van der Waals surface area contributed by atoms with E-state index in [2.05, 4.69) is 17.1 Å². The first-order chi connectivity index (χ1) is 15.5. The van der Waals surface area contributed by atoms with E-state index in [0.717, 1.165) is 35.5 Å². The van der Waals surface area contributed by atoms with Gasteiger partial charge >= 0.3 is 0 Å². The van der Waals surface area contributed by atoms with Crippen LogP contribution in [0.2, 0.25) is 0 Å². The summed E-state index contributed by atoms with van der Waals surface area (Å²) in [5.74, 6) is 1.73. The molecule has 0 saturated carbocycles. The monoisotopic (exact) mass is 426 g/mol. The van der Waals surface area contributed by atoms with Crippen LogP contribution >= 0.6 is 0 Å². The Morgan fingerprint density at radius 1 is 1.06 bits per heavy atom. The van der Waals surface area contributed by atoms with E-state index in [-0.39, 0.29) is 12.0 Å². The highest BCUT2D eigenvalue weighted by Crippen LogP contribution is 2.25. The summed E-state index contributed by atoms with van der Waals surface area (Å²) in [6.45, 7) is 1.28. The first-order valence-electron chi connectivity index (χ1n) is 10.7. The summed E-state index contributed by atoms with van der Waals surface area (Å²) < 4.78 is 6.16. The molecule has 1 aliphatic rings. The van der Waals surface area contributed by atoms with E-state index in [4.69, 9.17) is 10.00 Å².